The van der Waals surface area contributed by atoms with E-state index in [9.17, 15) is 9.90 Å². The van der Waals surface area contributed by atoms with Crippen LogP contribution in [0.5, 0.6) is 5.75 Å². The number of nitrogens with zero attached hydrogens (tertiary/aromatic N) is 2. The molecule has 1 amide bonds. The summed E-state index contributed by atoms with van der Waals surface area (Å²) in [5, 5.41) is 13.0. The average molecular weight is 398 g/mol. The van der Waals surface area contributed by atoms with Gasteiger partial charge in [-0.2, -0.15) is 0 Å². The molecule has 0 radical (unpaired) electrons. The van der Waals surface area contributed by atoms with Gasteiger partial charge < -0.3 is 14.8 Å². The summed E-state index contributed by atoms with van der Waals surface area (Å²) in [6.07, 6.45) is 1.40. The molecule has 0 saturated heterocycles. The van der Waals surface area contributed by atoms with Gasteiger partial charge in [0.05, 0.1) is 5.69 Å². The number of oxazole rings is 1. The van der Waals surface area contributed by atoms with Crippen molar-refractivity contribution in [1.29, 1.82) is 0 Å². The number of aromatic hydroxyl groups is 1. The quantitative estimate of drug-likeness (QED) is 0.698. The van der Waals surface area contributed by atoms with Crippen molar-refractivity contribution in [3.8, 4) is 5.75 Å². The molecule has 0 unspecified atom stereocenters. The molecule has 0 fully saturated rings. The van der Waals surface area contributed by atoms with Crippen LogP contribution in [0.25, 0.3) is 0 Å². The number of hydrogen-bond donors (Lipinski definition) is 2. The monoisotopic (exact) mass is 397 g/mol. The van der Waals surface area contributed by atoms with Crippen LogP contribution in [0.2, 0.25) is 5.02 Å². The molecule has 0 aliphatic carbocycles. The lowest BCUT2D eigenvalue weighted by molar-refractivity contribution is 0.0988. The summed E-state index contributed by atoms with van der Waals surface area (Å²) < 4.78 is 5.75. The Morgan fingerprint density at radius 3 is 2.75 bits per heavy atom. The molecule has 6 nitrogen and oxygen atoms in total. The van der Waals surface area contributed by atoms with E-state index in [0.717, 1.165) is 36.7 Å². The number of anilines is 1. The fraction of sp³-hybridized carbons (Fsp3) is 0.238. The Morgan fingerprint density at radius 2 is 1.96 bits per heavy atom. The third-order valence-corrected chi connectivity index (χ3v) is 4.96. The predicted molar refractivity (Wildman–Crippen MR) is 107 cm³/mol. The van der Waals surface area contributed by atoms with Gasteiger partial charge in [0, 0.05) is 43.2 Å². The number of nitrogens with one attached hydrogen (secondary N) is 1. The van der Waals surface area contributed by atoms with Gasteiger partial charge in [0.2, 0.25) is 0 Å². The van der Waals surface area contributed by atoms with Crippen molar-refractivity contribution in [2.45, 2.75) is 19.4 Å². The van der Waals surface area contributed by atoms with Crippen LogP contribution in [-0.4, -0.2) is 34.0 Å². The Hall–Kier alpha value is -2.83. The number of aromatic nitrogens is 1. The highest BCUT2D eigenvalue weighted by molar-refractivity contribution is 6.30. The second-order valence-corrected chi connectivity index (χ2v) is 7.23. The normalized spacial score (nSPS) is 14.3. The second kappa shape index (κ2) is 8.04. The highest BCUT2D eigenvalue weighted by Gasteiger charge is 2.23. The van der Waals surface area contributed by atoms with Crippen molar-refractivity contribution in [3.63, 3.8) is 0 Å². The topological polar surface area (TPSA) is 78.6 Å². The fourth-order valence-electron chi connectivity index (χ4n) is 3.30. The lowest BCUT2D eigenvalue weighted by atomic mass is 10.2. The SMILES string of the molecule is O=C(Nc1ccc(Cl)cc1)c1nc2c(o1)CCN(Cc1cccc(O)c1)CC2. The van der Waals surface area contributed by atoms with E-state index in [2.05, 4.69) is 15.2 Å². The van der Waals surface area contributed by atoms with Crippen LogP contribution in [0.1, 0.15) is 27.7 Å². The molecule has 28 heavy (non-hydrogen) atoms. The number of carbonyl (C=O) groups is 1. The molecule has 2 heterocycles. The summed E-state index contributed by atoms with van der Waals surface area (Å²) in [5.41, 5.74) is 2.54. The maximum atomic E-state index is 12.4. The van der Waals surface area contributed by atoms with Crippen LogP contribution in [0.3, 0.4) is 0 Å². The van der Waals surface area contributed by atoms with Gasteiger partial charge in [0.1, 0.15) is 11.5 Å². The zero-order chi connectivity index (χ0) is 19.5. The van der Waals surface area contributed by atoms with Crippen LogP contribution < -0.4 is 5.32 Å². The van der Waals surface area contributed by atoms with E-state index in [4.69, 9.17) is 16.0 Å². The van der Waals surface area contributed by atoms with Gasteiger partial charge in [-0.3, -0.25) is 9.69 Å². The van der Waals surface area contributed by atoms with E-state index in [1.54, 1.807) is 36.4 Å². The molecule has 4 rings (SSSR count). The number of carbonyl (C=O) groups excluding carboxylic acids is 1. The highest BCUT2D eigenvalue weighted by atomic mass is 35.5. The number of benzene rings is 2. The number of phenols is 1. The van der Waals surface area contributed by atoms with Crippen molar-refractivity contribution in [3.05, 3.63) is 76.5 Å². The van der Waals surface area contributed by atoms with Crippen LogP contribution in [-0.2, 0) is 19.4 Å². The molecule has 2 aromatic carbocycles. The fourth-order valence-corrected chi connectivity index (χ4v) is 3.42. The highest BCUT2D eigenvalue weighted by Crippen LogP contribution is 2.21. The van der Waals surface area contributed by atoms with E-state index in [-0.39, 0.29) is 17.5 Å². The van der Waals surface area contributed by atoms with Crippen LogP contribution in [0, 0.1) is 0 Å². The van der Waals surface area contributed by atoms with E-state index < -0.39 is 0 Å². The smallest absolute Gasteiger partial charge is 0.311 e. The molecular weight excluding hydrogens is 378 g/mol. The first-order valence-electron chi connectivity index (χ1n) is 9.12. The van der Waals surface area contributed by atoms with Crippen molar-refractivity contribution < 1.29 is 14.3 Å². The van der Waals surface area contributed by atoms with Gasteiger partial charge in [-0.1, -0.05) is 23.7 Å². The number of halogens is 1. The summed E-state index contributed by atoms with van der Waals surface area (Å²) >= 11 is 5.86. The number of rotatable bonds is 4. The van der Waals surface area contributed by atoms with Gasteiger partial charge in [-0.15, -0.1) is 0 Å². The van der Waals surface area contributed by atoms with Gasteiger partial charge >= 0.3 is 5.91 Å². The summed E-state index contributed by atoms with van der Waals surface area (Å²) in [5.74, 6) is 0.755. The van der Waals surface area contributed by atoms with Gasteiger partial charge in [-0.05, 0) is 42.0 Å². The first-order chi connectivity index (χ1) is 13.6. The summed E-state index contributed by atoms with van der Waals surface area (Å²) in [7, 11) is 0. The van der Waals surface area contributed by atoms with E-state index in [0.29, 0.717) is 23.6 Å². The molecule has 3 aromatic rings. The third kappa shape index (κ3) is 4.35. The molecule has 1 aliphatic rings. The number of hydrogen-bond acceptors (Lipinski definition) is 5. The second-order valence-electron chi connectivity index (χ2n) is 6.80. The van der Waals surface area contributed by atoms with Crippen molar-refractivity contribution in [2.75, 3.05) is 18.4 Å². The molecule has 0 spiro atoms. The molecule has 1 aliphatic heterocycles. The van der Waals surface area contributed by atoms with E-state index >= 15 is 0 Å². The molecule has 0 saturated carbocycles. The Labute approximate surface area is 167 Å². The minimum Gasteiger partial charge on any atom is -0.508 e. The lowest BCUT2D eigenvalue weighted by Crippen LogP contribution is -2.26. The minimum absolute atomic E-state index is 0.0846. The zero-order valence-electron chi connectivity index (χ0n) is 15.2. The molecule has 1 aromatic heterocycles. The maximum Gasteiger partial charge on any atom is 0.311 e. The maximum absolute atomic E-state index is 12.4. The lowest BCUT2D eigenvalue weighted by Gasteiger charge is -2.19. The third-order valence-electron chi connectivity index (χ3n) is 4.71. The van der Waals surface area contributed by atoms with E-state index in [1.807, 2.05) is 12.1 Å². The number of phenolic OH excluding ortho intramolecular Hbond substituents is 1. The molecule has 144 valence electrons. The molecular formula is C21H20ClN3O3. The first kappa shape index (κ1) is 18.5. The molecule has 7 heteroatoms. The predicted octanol–water partition coefficient (Wildman–Crippen LogP) is 3.89. The van der Waals surface area contributed by atoms with Crippen molar-refractivity contribution in [1.82, 2.24) is 9.88 Å². The molecule has 2 N–H and O–H groups in total. The van der Waals surface area contributed by atoms with Gasteiger partial charge in [-0.25, -0.2) is 4.98 Å². The first-order valence-corrected chi connectivity index (χ1v) is 9.50. The largest absolute Gasteiger partial charge is 0.508 e. The van der Waals surface area contributed by atoms with Crippen LogP contribution >= 0.6 is 11.6 Å². The summed E-state index contributed by atoms with van der Waals surface area (Å²) in [6.45, 7) is 2.37. The van der Waals surface area contributed by atoms with Crippen molar-refractivity contribution >= 4 is 23.2 Å². The number of amides is 1. The Bertz CT molecular complexity index is 959. The Morgan fingerprint density at radius 1 is 1.18 bits per heavy atom. The standard InChI is InChI=1S/C21H20ClN3O3/c22-15-4-6-16(7-5-15)23-20(27)21-24-18-8-10-25(11-9-19(18)28-21)13-14-2-1-3-17(26)12-14/h1-7,12,26H,8-11,13H2,(H,23,27). The van der Waals surface area contributed by atoms with Gasteiger partial charge in [0.15, 0.2) is 0 Å². The van der Waals surface area contributed by atoms with Crippen LogP contribution in [0.15, 0.2) is 52.9 Å². The number of fused-ring (bicyclic) bond motifs is 1. The van der Waals surface area contributed by atoms with Gasteiger partial charge in [0.25, 0.3) is 5.89 Å². The Balaban J connectivity index is 1.39. The molecule has 0 atom stereocenters. The minimum atomic E-state index is -0.369. The molecule has 0 bridgehead atoms. The van der Waals surface area contributed by atoms with E-state index in [1.165, 1.54) is 0 Å². The van der Waals surface area contributed by atoms with Crippen molar-refractivity contribution in [2.24, 2.45) is 0 Å². The summed E-state index contributed by atoms with van der Waals surface area (Å²) in [4.78, 5) is 19.1. The average Bonchev–Trinajstić information content (AvgIpc) is 3.00. The summed E-state index contributed by atoms with van der Waals surface area (Å²) in [6, 6.07) is 14.2. The zero-order valence-corrected chi connectivity index (χ0v) is 15.9. The van der Waals surface area contributed by atoms with Crippen LogP contribution in [0.4, 0.5) is 5.69 Å². The Kier molecular flexibility index (Phi) is 5.32.